The standard InChI is InChI=1S/C11H16O2/c1-3-4-5-6-7-8-9-10-11(12)13-2/h3-4,7-10H,5-6H2,1-2H3/b4-3-,8-7+,10-9+. The first-order valence-corrected chi connectivity index (χ1v) is 4.33. The van der Waals surface area contributed by atoms with Gasteiger partial charge in [0.05, 0.1) is 7.11 Å². The topological polar surface area (TPSA) is 26.3 Å². The SMILES string of the molecule is C/C=C\CC/C=C/C=C/C(=O)OC. The van der Waals surface area contributed by atoms with E-state index in [1.165, 1.54) is 13.2 Å². The molecule has 0 atom stereocenters. The van der Waals surface area contributed by atoms with Crippen LogP contribution >= 0.6 is 0 Å². The molecular formula is C11H16O2. The molecule has 0 saturated carbocycles. The summed E-state index contributed by atoms with van der Waals surface area (Å²) in [5, 5.41) is 0. The van der Waals surface area contributed by atoms with Crippen molar-refractivity contribution in [3.8, 4) is 0 Å². The molecule has 0 aliphatic rings. The van der Waals surface area contributed by atoms with Gasteiger partial charge in [0, 0.05) is 6.08 Å². The number of esters is 1. The molecule has 0 bridgehead atoms. The molecule has 13 heavy (non-hydrogen) atoms. The molecule has 0 aromatic heterocycles. The Balaban J connectivity index is 3.51. The van der Waals surface area contributed by atoms with E-state index in [1.54, 1.807) is 6.08 Å². The summed E-state index contributed by atoms with van der Waals surface area (Å²) in [7, 11) is 1.36. The number of ether oxygens (including phenoxy) is 1. The van der Waals surface area contributed by atoms with Gasteiger partial charge in [-0.05, 0) is 19.8 Å². The molecule has 0 fully saturated rings. The van der Waals surface area contributed by atoms with Crippen molar-refractivity contribution < 1.29 is 9.53 Å². The lowest BCUT2D eigenvalue weighted by Gasteiger charge is -1.86. The Morgan fingerprint density at radius 1 is 1.23 bits per heavy atom. The maximum atomic E-state index is 10.6. The molecule has 0 rings (SSSR count). The Kier molecular flexibility index (Phi) is 7.90. The van der Waals surface area contributed by atoms with Crippen LogP contribution in [0.1, 0.15) is 19.8 Å². The molecule has 2 nitrogen and oxygen atoms in total. The second kappa shape index (κ2) is 8.78. The van der Waals surface area contributed by atoms with Crippen LogP contribution in [0.5, 0.6) is 0 Å². The molecule has 2 heteroatoms. The van der Waals surface area contributed by atoms with E-state index < -0.39 is 0 Å². The quantitative estimate of drug-likeness (QED) is 0.214. The minimum absolute atomic E-state index is 0.321. The summed E-state index contributed by atoms with van der Waals surface area (Å²) in [5.74, 6) is -0.321. The highest BCUT2D eigenvalue weighted by Crippen LogP contribution is 1.92. The van der Waals surface area contributed by atoms with Crippen molar-refractivity contribution in [2.45, 2.75) is 19.8 Å². The second-order valence-electron chi connectivity index (χ2n) is 2.46. The van der Waals surface area contributed by atoms with Crippen LogP contribution in [0.25, 0.3) is 0 Å². The zero-order valence-electron chi connectivity index (χ0n) is 8.19. The van der Waals surface area contributed by atoms with Crippen molar-refractivity contribution in [3.63, 3.8) is 0 Å². The molecule has 0 aromatic rings. The summed E-state index contributed by atoms with van der Waals surface area (Å²) in [5.41, 5.74) is 0. The van der Waals surface area contributed by atoms with Gasteiger partial charge in [-0.15, -0.1) is 0 Å². The Bertz CT molecular complexity index is 212. The van der Waals surface area contributed by atoms with Gasteiger partial charge in [0.15, 0.2) is 0 Å². The number of allylic oxidation sites excluding steroid dienone is 5. The van der Waals surface area contributed by atoms with Gasteiger partial charge >= 0.3 is 5.97 Å². The van der Waals surface area contributed by atoms with Gasteiger partial charge in [0.1, 0.15) is 0 Å². The van der Waals surface area contributed by atoms with Crippen LogP contribution in [0.15, 0.2) is 36.5 Å². The maximum absolute atomic E-state index is 10.6. The first kappa shape index (κ1) is 11.7. The van der Waals surface area contributed by atoms with Crippen LogP contribution < -0.4 is 0 Å². The molecule has 0 aromatic carbocycles. The van der Waals surface area contributed by atoms with E-state index in [-0.39, 0.29) is 5.97 Å². The average molecular weight is 180 g/mol. The Labute approximate surface area is 79.6 Å². The van der Waals surface area contributed by atoms with Gasteiger partial charge in [0.2, 0.25) is 0 Å². The summed E-state index contributed by atoms with van der Waals surface area (Å²) >= 11 is 0. The Hall–Kier alpha value is -1.31. The van der Waals surface area contributed by atoms with E-state index >= 15 is 0 Å². The molecule has 0 aliphatic carbocycles. The van der Waals surface area contributed by atoms with Crippen molar-refractivity contribution in [2.24, 2.45) is 0 Å². The first-order valence-electron chi connectivity index (χ1n) is 4.33. The Morgan fingerprint density at radius 3 is 2.54 bits per heavy atom. The van der Waals surface area contributed by atoms with Crippen LogP contribution in [-0.4, -0.2) is 13.1 Å². The normalized spacial score (nSPS) is 11.8. The van der Waals surface area contributed by atoms with Crippen LogP contribution in [0.2, 0.25) is 0 Å². The van der Waals surface area contributed by atoms with E-state index in [0.717, 1.165) is 12.8 Å². The number of hydrogen-bond donors (Lipinski definition) is 0. The van der Waals surface area contributed by atoms with E-state index in [4.69, 9.17) is 0 Å². The highest BCUT2D eigenvalue weighted by Gasteiger charge is 1.85. The van der Waals surface area contributed by atoms with Crippen LogP contribution in [0, 0.1) is 0 Å². The third-order valence-electron chi connectivity index (χ3n) is 1.42. The van der Waals surface area contributed by atoms with Crippen LogP contribution in [-0.2, 0) is 9.53 Å². The average Bonchev–Trinajstić information content (AvgIpc) is 2.16. The van der Waals surface area contributed by atoms with Crippen molar-refractivity contribution in [1.82, 2.24) is 0 Å². The number of carbonyl (C=O) groups is 1. The summed E-state index contributed by atoms with van der Waals surface area (Å²) < 4.78 is 4.42. The zero-order valence-corrected chi connectivity index (χ0v) is 8.19. The number of hydrogen-bond acceptors (Lipinski definition) is 2. The summed E-state index contributed by atoms with van der Waals surface area (Å²) in [6.07, 6.45) is 13.1. The van der Waals surface area contributed by atoms with E-state index in [1.807, 2.05) is 25.2 Å². The van der Waals surface area contributed by atoms with Crippen LogP contribution in [0.4, 0.5) is 0 Å². The van der Waals surface area contributed by atoms with Gasteiger partial charge in [-0.3, -0.25) is 0 Å². The van der Waals surface area contributed by atoms with Gasteiger partial charge < -0.3 is 4.74 Å². The third kappa shape index (κ3) is 8.60. The summed E-state index contributed by atoms with van der Waals surface area (Å²) in [6, 6.07) is 0. The predicted molar refractivity (Wildman–Crippen MR) is 54.3 cm³/mol. The fourth-order valence-corrected chi connectivity index (χ4v) is 0.736. The van der Waals surface area contributed by atoms with Gasteiger partial charge in [0.25, 0.3) is 0 Å². The monoisotopic (exact) mass is 180 g/mol. The first-order chi connectivity index (χ1) is 6.31. The smallest absolute Gasteiger partial charge is 0.330 e. The zero-order chi connectivity index (χ0) is 9.94. The largest absolute Gasteiger partial charge is 0.466 e. The highest BCUT2D eigenvalue weighted by molar-refractivity contribution is 5.82. The molecule has 0 heterocycles. The molecular weight excluding hydrogens is 164 g/mol. The lowest BCUT2D eigenvalue weighted by atomic mass is 10.2. The van der Waals surface area contributed by atoms with E-state index in [2.05, 4.69) is 10.8 Å². The molecule has 0 radical (unpaired) electrons. The number of rotatable bonds is 5. The molecule has 0 amide bonds. The lowest BCUT2D eigenvalue weighted by Crippen LogP contribution is -1.92. The number of unbranched alkanes of at least 4 members (excludes halogenated alkanes) is 1. The van der Waals surface area contributed by atoms with Gasteiger partial charge in [-0.2, -0.15) is 0 Å². The van der Waals surface area contributed by atoms with Crippen LogP contribution in [0.3, 0.4) is 0 Å². The fourth-order valence-electron chi connectivity index (χ4n) is 0.736. The van der Waals surface area contributed by atoms with Crippen molar-refractivity contribution >= 4 is 5.97 Å². The molecule has 0 saturated heterocycles. The van der Waals surface area contributed by atoms with Gasteiger partial charge in [-0.25, -0.2) is 4.79 Å². The molecule has 0 aliphatic heterocycles. The minimum atomic E-state index is -0.321. The molecule has 0 unspecified atom stereocenters. The van der Waals surface area contributed by atoms with Crippen molar-refractivity contribution in [3.05, 3.63) is 36.5 Å². The second-order valence-corrected chi connectivity index (χ2v) is 2.46. The number of methoxy groups -OCH3 is 1. The van der Waals surface area contributed by atoms with Crippen molar-refractivity contribution in [2.75, 3.05) is 7.11 Å². The molecule has 0 spiro atoms. The highest BCUT2D eigenvalue weighted by atomic mass is 16.5. The van der Waals surface area contributed by atoms with Gasteiger partial charge in [-0.1, -0.05) is 30.4 Å². The number of carbonyl (C=O) groups excluding carboxylic acids is 1. The lowest BCUT2D eigenvalue weighted by molar-refractivity contribution is -0.134. The fraction of sp³-hybridized carbons (Fsp3) is 0.364. The van der Waals surface area contributed by atoms with E-state index in [0.29, 0.717) is 0 Å². The molecule has 0 N–H and O–H groups in total. The van der Waals surface area contributed by atoms with Crippen molar-refractivity contribution in [1.29, 1.82) is 0 Å². The third-order valence-corrected chi connectivity index (χ3v) is 1.42. The van der Waals surface area contributed by atoms with E-state index in [9.17, 15) is 4.79 Å². The minimum Gasteiger partial charge on any atom is -0.466 e. The summed E-state index contributed by atoms with van der Waals surface area (Å²) in [4.78, 5) is 10.6. The molecule has 72 valence electrons. The summed E-state index contributed by atoms with van der Waals surface area (Å²) in [6.45, 7) is 2.00. The maximum Gasteiger partial charge on any atom is 0.330 e. The Morgan fingerprint density at radius 2 is 1.92 bits per heavy atom. The predicted octanol–water partition coefficient (Wildman–Crippen LogP) is 2.63.